The van der Waals surface area contributed by atoms with Crippen LogP contribution >= 0.6 is 23.2 Å². The molecule has 0 atom stereocenters. The fourth-order valence-electron chi connectivity index (χ4n) is 3.80. The maximum absolute atomic E-state index is 12.9. The van der Waals surface area contributed by atoms with E-state index in [1.54, 1.807) is 37.3 Å². The van der Waals surface area contributed by atoms with Gasteiger partial charge in [0.15, 0.2) is 0 Å². The molecule has 0 N–H and O–H groups in total. The number of sulfonamides is 1. The number of hydrogen-bond acceptors (Lipinski definition) is 4. The maximum Gasteiger partial charge on any atom is 0.225 e. The number of carbonyl (C=O) groups is 1. The number of carbonyl (C=O) groups excluding carboxylic acids is 1. The second kappa shape index (κ2) is 10.2. The van der Waals surface area contributed by atoms with Crippen molar-refractivity contribution >= 4 is 39.1 Å². The second-order valence-corrected chi connectivity index (χ2v) is 10.4. The summed E-state index contributed by atoms with van der Waals surface area (Å²) in [6.45, 7) is 1.03. The molecule has 6 nitrogen and oxygen atoms in total. The highest BCUT2D eigenvalue weighted by atomic mass is 35.5. The second-order valence-electron chi connectivity index (χ2n) is 7.64. The van der Waals surface area contributed by atoms with Gasteiger partial charge in [-0.05, 0) is 31.0 Å². The SMILES string of the molecule is COc1ccccc1CN(C)C(=O)C1CCN(S(=O)(=O)Cc2c(Cl)cccc2Cl)CC1. The topological polar surface area (TPSA) is 66.9 Å². The Hall–Kier alpha value is -1.80. The average molecular weight is 485 g/mol. The van der Waals surface area contributed by atoms with Crippen LogP contribution in [0.1, 0.15) is 24.0 Å². The van der Waals surface area contributed by atoms with Crippen LogP contribution in [0.25, 0.3) is 0 Å². The molecule has 2 aromatic carbocycles. The summed E-state index contributed by atoms with van der Waals surface area (Å²) >= 11 is 12.3. The molecule has 1 saturated heterocycles. The van der Waals surface area contributed by atoms with Crippen LogP contribution in [0.5, 0.6) is 5.75 Å². The Morgan fingerprint density at radius 3 is 2.32 bits per heavy atom. The summed E-state index contributed by atoms with van der Waals surface area (Å²) < 4.78 is 32.5. The monoisotopic (exact) mass is 484 g/mol. The maximum atomic E-state index is 12.9. The molecule has 168 valence electrons. The lowest BCUT2D eigenvalue weighted by Gasteiger charge is -2.32. The highest BCUT2D eigenvalue weighted by Gasteiger charge is 2.33. The highest BCUT2D eigenvalue weighted by Crippen LogP contribution is 2.29. The number of rotatable bonds is 7. The first kappa shape index (κ1) is 23.9. The van der Waals surface area contributed by atoms with Crippen LogP contribution in [-0.4, -0.2) is 50.8 Å². The Morgan fingerprint density at radius 1 is 1.10 bits per heavy atom. The summed E-state index contributed by atoms with van der Waals surface area (Å²) in [4.78, 5) is 14.6. The smallest absolute Gasteiger partial charge is 0.225 e. The van der Waals surface area contributed by atoms with E-state index in [-0.39, 0.29) is 17.6 Å². The molecular formula is C22H26Cl2N2O4S. The third-order valence-corrected chi connectivity index (χ3v) is 8.07. The number of hydrogen-bond donors (Lipinski definition) is 0. The average Bonchev–Trinajstić information content (AvgIpc) is 2.76. The van der Waals surface area contributed by atoms with Crippen LogP contribution in [0.4, 0.5) is 0 Å². The van der Waals surface area contributed by atoms with Crippen LogP contribution in [-0.2, 0) is 27.1 Å². The van der Waals surface area contributed by atoms with Crippen molar-refractivity contribution in [2.45, 2.75) is 25.1 Å². The number of methoxy groups -OCH3 is 1. The Morgan fingerprint density at radius 2 is 1.71 bits per heavy atom. The highest BCUT2D eigenvalue weighted by molar-refractivity contribution is 7.88. The van der Waals surface area contributed by atoms with Gasteiger partial charge in [0.25, 0.3) is 0 Å². The number of para-hydroxylation sites is 1. The van der Waals surface area contributed by atoms with Gasteiger partial charge in [-0.3, -0.25) is 4.79 Å². The van der Waals surface area contributed by atoms with Crippen LogP contribution in [0.3, 0.4) is 0 Å². The van der Waals surface area contributed by atoms with Crippen molar-refractivity contribution in [3.63, 3.8) is 0 Å². The number of benzene rings is 2. The van der Waals surface area contributed by atoms with E-state index in [9.17, 15) is 13.2 Å². The van der Waals surface area contributed by atoms with E-state index in [0.717, 1.165) is 11.3 Å². The van der Waals surface area contributed by atoms with Crippen molar-refractivity contribution in [1.29, 1.82) is 0 Å². The standard InChI is InChI=1S/C22H26Cl2N2O4S/c1-25(14-17-6-3-4-9-21(17)30-2)22(27)16-10-12-26(13-11-16)31(28,29)15-18-19(23)7-5-8-20(18)24/h3-9,16H,10-15H2,1-2H3. The van der Waals surface area contributed by atoms with E-state index in [2.05, 4.69) is 0 Å². The van der Waals surface area contributed by atoms with Gasteiger partial charge >= 0.3 is 0 Å². The molecule has 9 heteroatoms. The van der Waals surface area contributed by atoms with Gasteiger partial charge in [0, 0.05) is 53.8 Å². The van der Waals surface area contributed by atoms with Gasteiger partial charge in [-0.1, -0.05) is 47.5 Å². The Labute approximate surface area is 193 Å². The molecule has 1 amide bonds. The minimum absolute atomic E-state index is 0.0112. The number of piperidine rings is 1. The molecule has 0 saturated carbocycles. The zero-order valence-corrected chi connectivity index (χ0v) is 19.9. The zero-order valence-electron chi connectivity index (χ0n) is 17.6. The quantitative estimate of drug-likeness (QED) is 0.590. The normalized spacial score (nSPS) is 15.6. The van der Waals surface area contributed by atoms with Gasteiger partial charge in [0.1, 0.15) is 5.75 Å². The molecule has 0 unspecified atom stereocenters. The minimum atomic E-state index is -3.59. The van der Waals surface area contributed by atoms with Gasteiger partial charge in [-0.15, -0.1) is 0 Å². The third kappa shape index (κ3) is 5.71. The summed E-state index contributed by atoms with van der Waals surface area (Å²) in [6, 6.07) is 12.5. The summed E-state index contributed by atoms with van der Waals surface area (Å²) in [5.41, 5.74) is 1.33. The van der Waals surface area contributed by atoms with Crippen LogP contribution < -0.4 is 4.74 Å². The summed E-state index contributed by atoms with van der Waals surface area (Å²) in [7, 11) is -0.220. The van der Waals surface area contributed by atoms with Crippen molar-refractivity contribution < 1.29 is 17.9 Å². The predicted octanol–water partition coefficient (Wildman–Crippen LogP) is 4.20. The number of amides is 1. The first-order valence-electron chi connectivity index (χ1n) is 10.0. The molecule has 0 spiro atoms. The molecule has 0 radical (unpaired) electrons. The molecule has 0 aliphatic carbocycles. The lowest BCUT2D eigenvalue weighted by atomic mass is 9.96. The first-order chi connectivity index (χ1) is 14.7. The van der Waals surface area contributed by atoms with Gasteiger partial charge in [-0.2, -0.15) is 0 Å². The Bertz CT molecular complexity index is 1020. The molecular weight excluding hydrogens is 459 g/mol. The fraction of sp³-hybridized carbons (Fsp3) is 0.409. The van der Waals surface area contributed by atoms with Crippen molar-refractivity contribution in [2.75, 3.05) is 27.2 Å². The Balaban J connectivity index is 1.60. The number of halogens is 2. The van der Waals surface area contributed by atoms with E-state index < -0.39 is 10.0 Å². The van der Waals surface area contributed by atoms with E-state index in [1.165, 1.54) is 4.31 Å². The van der Waals surface area contributed by atoms with Crippen molar-refractivity contribution in [1.82, 2.24) is 9.21 Å². The largest absolute Gasteiger partial charge is 0.496 e. The van der Waals surface area contributed by atoms with E-state index in [0.29, 0.717) is 48.1 Å². The molecule has 0 aromatic heterocycles. The lowest BCUT2D eigenvalue weighted by Crippen LogP contribution is -2.43. The molecule has 1 fully saturated rings. The molecule has 31 heavy (non-hydrogen) atoms. The van der Waals surface area contributed by atoms with Crippen LogP contribution in [0.15, 0.2) is 42.5 Å². The van der Waals surface area contributed by atoms with Gasteiger partial charge in [0.05, 0.1) is 12.9 Å². The number of ether oxygens (including phenoxy) is 1. The fourth-order valence-corrected chi connectivity index (χ4v) is 6.12. The van der Waals surface area contributed by atoms with E-state index in [4.69, 9.17) is 27.9 Å². The van der Waals surface area contributed by atoms with Crippen molar-refractivity contribution in [3.05, 3.63) is 63.6 Å². The molecule has 1 aliphatic heterocycles. The summed E-state index contributed by atoms with van der Waals surface area (Å²) in [5, 5.41) is 0.665. The summed E-state index contributed by atoms with van der Waals surface area (Å²) in [5.74, 6) is 0.283. The number of nitrogens with zero attached hydrogens (tertiary/aromatic N) is 2. The first-order valence-corrected chi connectivity index (χ1v) is 12.4. The molecule has 1 aliphatic rings. The van der Waals surface area contributed by atoms with Gasteiger partial charge < -0.3 is 9.64 Å². The van der Waals surface area contributed by atoms with E-state index in [1.807, 2.05) is 24.3 Å². The van der Waals surface area contributed by atoms with Crippen LogP contribution in [0, 0.1) is 5.92 Å². The third-order valence-electron chi connectivity index (χ3n) is 5.56. The summed E-state index contributed by atoms with van der Waals surface area (Å²) in [6.07, 6.45) is 0.954. The molecule has 1 heterocycles. The zero-order chi connectivity index (χ0) is 22.6. The van der Waals surface area contributed by atoms with Gasteiger partial charge in [-0.25, -0.2) is 12.7 Å². The Kier molecular flexibility index (Phi) is 7.86. The minimum Gasteiger partial charge on any atom is -0.496 e. The van der Waals surface area contributed by atoms with Crippen molar-refractivity contribution in [2.24, 2.45) is 5.92 Å². The molecule has 3 rings (SSSR count). The van der Waals surface area contributed by atoms with Crippen LogP contribution in [0.2, 0.25) is 10.0 Å². The van der Waals surface area contributed by atoms with Gasteiger partial charge in [0.2, 0.25) is 15.9 Å². The lowest BCUT2D eigenvalue weighted by molar-refractivity contribution is -0.135. The predicted molar refractivity (Wildman–Crippen MR) is 123 cm³/mol. The molecule has 2 aromatic rings. The van der Waals surface area contributed by atoms with Crippen molar-refractivity contribution in [3.8, 4) is 5.75 Å². The van der Waals surface area contributed by atoms with E-state index >= 15 is 0 Å². The molecule has 0 bridgehead atoms.